The van der Waals surface area contributed by atoms with Crippen LogP contribution in [-0.2, 0) is 20.9 Å². The van der Waals surface area contributed by atoms with Gasteiger partial charge in [0.05, 0.1) is 19.3 Å². The molecule has 1 aliphatic heterocycles. The molecule has 0 unspecified atom stereocenters. The zero-order valence-corrected chi connectivity index (χ0v) is 17.2. The average molecular weight is 410 g/mol. The van der Waals surface area contributed by atoms with Crippen LogP contribution in [0.25, 0.3) is 0 Å². The van der Waals surface area contributed by atoms with E-state index in [9.17, 15) is 10.1 Å². The number of carbonyl (C=O) groups is 1. The van der Waals surface area contributed by atoms with Crippen LogP contribution in [0.5, 0.6) is 11.6 Å². The highest BCUT2D eigenvalue weighted by atomic mass is 16.6. The summed E-state index contributed by atoms with van der Waals surface area (Å²) in [5.41, 5.74) is 2.24. The van der Waals surface area contributed by atoms with Gasteiger partial charge in [-0.25, -0.2) is 4.98 Å². The van der Waals surface area contributed by atoms with Gasteiger partial charge in [0.15, 0.2) is 0 Å². The van der Waals surface area contributed by atoms with Crippen LogP contribution < -0.4 is 9.47 Å². The van der Waals surface area contributed by atoms with E-state index in [2.05, 4.69) is 16.2 Å². The number of hydrogen-bond donors (Lipinski definition) is 0. The number of nitriles is 1. The van der Waals surface area contributed by atoms with E-state index >= 15 is 0 Å². The van der Waals surface area contributed by atoms with Gasteiger partial charge in [-0.1, -0.05) is 12.1 Å². The van der Waals surface area contributed by atoms with E-state index in [1.165, 1.54) is 11.9 Å². The SMILES string of the molecule is COCc1cc(C)nc(OC[C@H]2OC(c3ccccc3OC)=NN2C(C)=O)c1C#N. The molecule has 0 saturated heterocycles. The second kappa shape index (κ2) is 9.24. The molecule has 2 heterocycles. The molecule has 0 fully saturated rings. The van der Waals surface area contributed by atoms with Gasteiger partial charge in [0.25, 0.3) is 0 Å². The monoisotopic (exact) mass is 410 g/mol. The minimum absolute atomic E-state index is 0.0702. The number of amides is 1. The van der Waals surface area contributed by atoms with Crippen molar-refractivity contribution in [3.05, 3.63) is 52.7 Å². The maximum absolute atomic E-state index is 12.1. The Morgan fingerprint density at radius 3 is 2.77 bits per heavy atom. The highest BCUT2D eigenvalue weighted by molar-refractivity contribution is 5.98. The van der Waals surface area contributed by atoms with E-state index in [1.807, 2.05) is 12.1 Å². The molecule has 0 saturated carbocycles. The second-order valence-electron chi connectivity index (χ2n) is 6.50. The third-order valence-corrected chi connectivity index (χ3v) is 4.35. The summed E-state index contributed by atoms with van der Waals surface area (Å²) in [5.74, 6) is 0.653. The average Bonchev–Trinajstić information content (AvgIpc) is 3.16. The van der Waals surface area contributed by atoms with E-state index in [0.717, 1.165) is 0 Å². The number of carbonyl (C=O) groups excluding carboxylic acids is 1. The molecule has 0 radical (unpaired) electrons. The maximum atomic E-state index is 12.1. The van der Waals surface area contributed by atoms with Crippen LogP contribution in [-0.4, -0.2) is 48.9 Å². The zero-order valence-electron chi connectivity index (χ0n) is 17.2. The zero-order chi connectivity index (χ0) is 21.7. The summed E-state index contributed by atoms with van der Waals surface area (Å²) in [4.78, 5) is 16.4. The fourth-order valence-corrected chi connectivity index (χ4v) is 3.03. The van der Waals surface area contributed by atoms with Crippen LogP contribution in [0.4, 0.5) is 0 Å². The molecule has 3 rings (SSSR count). The van der Waals surface area contributed by atoms with Crippen molar-refractivity contribution in [3.63, 3.8) is 0 Å². The van der Waals surface area contributed by atoms with E-state index < -0.39 is 6.23 Å². The number of nitrogens with zero attached hydrogens (tertiary/aromatic N) is 4. The largest absolute Gasteiger partial charge is 0.496 e. The van der Waals surface area contributed by atoms with Gasteiger partial charge >= 0.3 is 0 Å². The molecule has 1 aromatic carbocycles. The lowest BCUT2D eigenvalue weighted by atomic mass is 10.1. The van der Waals surface area contributed by atoms with E-state index in [1.54, 1.807) is 39.3 Å². The topological polar surface area (TPSA) is 106 Å². The molecule has 0 spiro atoms. The first-order valence-electron chi connectivity index (χ1n) is 9.19. The number of hydrazone groups is 1. The Kier molecular flexibility index (Phi) is 6.49. The summed E-state index contributed by atoms with van der Waals surface area (Å²) in [5, 5.41) is 15.0. The summed E-state index contributed by atoms with van der Waals surface area (Å²) in [6.07, 6.45) is -0.817. The first-order valence-corrected chi connectivity index (χ1v) is 9.19. The van der Waals surface area contributed by atoms with Crippen molar-refractivity contribution in [1.82, 2.24) is 9.99 Å². The molecule has 9 nitrogen and oxygen atoms in total. The Morgan fingerprint density at radius 2 is 2.10 bits per heavy atom. The Labute approximate surface area is 174 Å². The van der Waals surface area contributed by atoms with Crippen LogP contribution in [0.15, 0.2) is 35.4 Å². The molecule has 9 heteroatoms. The molecule has 0 N–H and O–H groups in total. The molecular weight excluding hydrogens is 388 g/mol. The van der Waals surface area contributed by atoms with Crippen molar-refractivity contribution < 1.29 is 23.7 Å². The molecule has 1 aromatic heterocycles. The van der Waals surface area contributed by atoms with Gasteiger partial charge < -0.3 is 18.9 Å². The first kappa shape index (κ1) is 21.1. The van der Waals surface area contributed by atoms with Crippen molar-refractivity contribution in [3.8, 4) is 17.7 Å². The standard InChI is InChI=1S/C21H22N4O5/c1-13-9-15(11-27-3)17(10-22)20(23-13)29-12-19-25(14(2)26)24-21(30-19)16-7-5-6-8-18(16)28-4/h5-9,19H,11-12H2,1-4H3/t19-/m1/s1. The van der Waals surface area contributed by atoms with Gasteiger partial charge in [-0.15, -0.1) is 5.10 Å². The summed E-state index contributed by atoms with van der Waals surface area (Å²) in [6.45, 7) is 3.36. The molecule has 1 atom stereocenters. The summed E-state index contributed by atoms with van der Waals surface area (Å²) >= 11 is 0. The molecule has 156 valence electrons. The molecule has 1 amide bonds. The fraction of sp³-hybridized carbons (Fsp3) is 0.333. The number of benzene rings is 1. The summed E-state index contributed by atoms with van der Waals surface area (Å²) in [7, 11) is 3.09. The van der Waals surface area contributed by atoms with Gasteiger partial charge in [0, 0.05) is 25.3 Å². The van der Waals surface area contributed by atoms with E-state index in [-0.39, 0.29) is 36.5 Å². The quantitative estimate of drug-likeness (QED) is 0.690. The highest BCUT2D eigenvalue weighted by Gasteiger charge is 2.33. The van der Waals surface area contributed by atoms with Crippen molar-refractivity contribution >= 4 is 11.8 Å². The molecular formula is C21H22N4O5. The van der Waals surface area contributed by atoms with Crippen molar-refractivity contribution in [2.24, 2.45) is 5.10 Å². The van der Waals surface area contributed by atoms with Crippen molar-refractivity contribution in [1.29, 1.82) is 5.26 Å². The normalized spacial score (nSPS) is 15.2. The number of para-hydroxylation sites is 1. The Bertz CT molecular complexity index is 1010. The predicted molar refractivity (Wildman–Crippen MR) is 107 cm³/mol. The van der Waals surface area contributed by atoms with Crippen LogP contribution in [0.3, 0.4) is 0 Å². The number of rotatable bonds is 7. The second-order valence-corrected chi connectivity index (χ2v) is 6.50. The van der Waals surface area contributed by atoms with Crippen LogP contribution in [0.2, 0.25) is 0 Å². The smallest absolute Gasteiger partial charge is 0.244 e. The lowest BCUT2D eigenvalue weighted by molar-refractivity contribution is -0.136. The predicted octanol–water partition coefficient (Wildman–Crippen LogP) is 2.36. The van der Waals surface area contributed by atoms with Gasteiger partial charge in [0.2, 0.25) is 23.9 Å². The van der Waals surface area contributed by atoms with Crippen molar-refractivity contribution in [2.75, 3.05) is 20.8 Å². The van der Waals surface area contributed by atoms with Gasteiger partial charge in [0.1, 0.15) is 24.0 Å². The van der Waals surface area contributed by atoms with Gasteiger partial charge in [-0.3, -0.25) is 4.79 Å². The first-order chi connectivity index (χ1) is 14.5. The Hall–Kier alpha value is -3.64. The Balaban J connectivity index is 1.83. The molecule has 0 aliphatic carbocycles. The number of ether oxygens (including phenoxy) is 4. The minimum Gasteiger partial charge on any atom is -0.496 e. The third kappa shape index (κ3) is 4.34. The number of aromatic nitrogens is 1. The number of aryl methyl sites for hydroxylation is 1. The van der Waals surface area contributed by atoms with E-state index in [4.69, 9.17) is 18.9 Å². The van der Waals surface area contributed by atoms with E-state index in [0.29, 0.717) is 22.6 Å². The lowest BCUT2D eigenvalue weighted by Crippen LogP contribution is -2.37. The fourth-order valence-electron chi connectivity index (χ4n) is 3.03. The summed E-state index contributed by atoms with van der Waals surface area (Å²) < 4.78 is 22.2. The van der Waals surface area contributed by atoms with Crippen LogP contribution >= 0.6 is 0 Å². The third-order valence-electron chi connectivity index (χ3n) is 4.35. The van der Waals surface area contributed by atoms with Crippen LogP contribution in [0.1, 0.15) is 29.3 Å². The minimum atomic E-state index is -0.817. The highest BCUT2D eigenvalue weighted by Crippen LogP contribution is 2.26. The Morgan fingerprint density at radius 1 is 1.33 bits per heavy atom. The number of hydrogen-bond acceptors (Lipinski definition) is 8. The molecule has 0 bridgehead atoms. The number of methoxy groups -OCH3 is 2. The molecule has 2 aromatic rings. The molecule has 1 aliphatic rings. The van der Waals surface area contributed by atoms with Gasteiger partial charge in [-0.05, 0) is 25.1 Å². The number of pyridine rings is 1. The maximum Gasteiger partial charge on any atom is 0.244 e. The van der Waals surface area contributed by atoms with Gasteiger partial charge in [-0.2, -0.15) is 10.3 Å². The van der Waals surface area contributed by atoms with Crippen LogP contribution in [0, 0.1) is 18.3 Å². The summed E-state index contributed by atoms with van der Waals surface area (Å²) in [6, 6.07) is 11.1. The molecule has 30 heavy (non-hydrogen) atoms. The lowest BCUT2D eigenvalue weighted by Gasteiger charge is -2.20. The van der Waals surface area contributed by atoms with Crippen molar-refractivity contribution in [2.45, 2.75) is 26.7 Å².